The summed E-state index contributed by atoms with van der Waals surface area (Å²) in [4.78, 5) is 36.8. The molecule has 0 radical (unpaired) electrons. The summed E-state index contributed by atoms with van der Waals surface area (Å²) in [7, 11) is 0. The molecule has 0 saturated carbocycles. The van der Waals surface area contributed by atoms with Gasteiger partial charge in [0, 0.05) is 56.9 Å². The summed E-state index contributed by atoms with van der Waals surface area (Å²) in [6, 6.07) is 13.5. The van der Waals surface area contributed by atoms with Crippen molar-refractivity contribution < 1.29 is 9.59 Å². The molecule has 0 aliphatic carbocycles. The monoisotopic (exact) mass is 463 g/mol. The molecule has 2 aliphatic heterocycles. The zero-order valence-corrected chi connectivity index (χ0v) is 19.5. The first kappa shape index (κ1) is 21.7. The first-order valence-corrected chi connectivity index (χ1v) is 11.6. The van der Waals surface area contributed by atoms with Crippen molar-refractivity contribution in [3.63, 3.8) is 0 Å². The van der Waals surface area contributed by atoms with E-state index in [2.05, 4.69) is 14.8 Å². The summed E-state index contributed by atoms with van der Waals surface area (Å²) >= 11 is 6.34. The lowest BCUT2D eigenvalue weighted by atomic mass is 10.1. The molecule has 1 fully saturated rings. The highest BCUT2D eigenvalue weighted by molar-refractivity contribution is 6.33. The van der Waals surface area contributed by atoms with Crippen LogP contribution >= 0.6 is 11.6 Å². The van der Waals surface area contributed by atoms with Gasteiger partial charge in [-0.05, 0) is 38.1 Å². The number of fused-ring (bicyclic) bond motifs is 1. The average Bonchev–Trinajstić information content (AvgIpc) is 3.24. The van der Waals surface area contributed by atoms with Crippen LogP contribution < -0.4 is 4.90 Å². The molecule has 0 atom stereocenters. The standard InChI is InChI=1S/C25H26ClN5O2/c1-17-22-23(18(2)31(17)21-9-5-6-10-27-21)25(33)30(24(22)32)16-13-28-11-14-29(15-12-28)20-8-4-3-7-19(20)26/h3-10H,11-16H2,1-2H3. The lowest BCUT2D eigenvalue weighted by molar-refractivity contribution is 0.0633. The number of halogens is 1. The molecule has 2 aromatic heterocycles. The largest absolute Gasteiger partial charge is 0.368 e. The van der Waals surface area contributed by atoms with E-state index in [1.54, 1.807) is 6.20 Å². The van der Waals surface area contributed by atoms with Crippen LogP contribution in [0.15, 0.2) is 48.7 Å². The van der Waals surface area contributed by atoms with Gasteiger partial charge in [-0.3, -0.25) is 19.4 Å². The number of rotatable bonds is 5. The van der Waals surface area contributed by atoms with Crippen LogP contribution in [0.1, 0.15) is 32.1 Å². The predicted molar refractivity (Wildman–Crippen MR) is 129 cm³/mol. The topological polar surface area (TPSA) is 61.7 Å². The molecule has 1 saturated heterocycles. The van der Waals surface area contributed by atoms with Crippen molar-refractivity contribution in [1.29, 1.82) is 0 Å². The third-order valence-corrected chi connectivity index (χ3v) is 6.97. The van der Waals surface area contributed by atoms with E-state index in [-0.39, 0.29) is 11.8 Å². The van der Waals surface area contributed by atoms with Crippen LogP contribution in [0.2, 0.25) is 5.02 Å². The fourth-order valence-corrected chi connectivity index (χ4v) is 5.17. The van der Waals surface area contributed by atoms with Crippen molar-refractivity contribution in [3.05, 3.63) is 76.2 Å². The Hall–Kier alpha value is -3.16. The third kappa shape index (κ3) is 3.71. The Morgan fingerprint density at radius 2 is 1.48 bits per heavy atom. The van der Waals surface area contributed by atoms with Gasteiger partial charge < -0.3 is 9.47 Å². The highest BCUT2D eigenvalue weighted by atomic mass is 35.5. The van der Waals surface area contributed by atoms with Crippen LogP contribution in [0.5, 0.6) is 0 Å². The van der Waals surface area contributed by atoms with E-state index >= 15 is 0 Å². The Bertz CT molecular complexity index is 1180. The third-order valence-electron chi connectivity index (χ3n) is 6.65. The second-order valence-corrected chi connectivity index (χ2v) is 8.89. The number of piperazine rings is 1. The van der Waals surface area contributed by atoms with E-state index in [0.717, 1.165) is 48.3 Å². The summed E-state index contributed by atoms with van der Waals surface area (Å²) in [6.07, 6.45) is 1.71. The molecular weight excluding hydrogens is 438 g/mol. The summed E-state index contributed by atoms with van der Waals surface area (Å²) in [5, 5.41) is 0.762. The number of nitrogens with zero attached hydrogens (tertiary/aromatic N) is 5. The maximum atomic E-state index is 13.2. The predicted octanol–water partition coefficient (Wildman–Crippen LogP) is 3.56. The number of aromatic nitrogens is 2. The Labute approximate surface area is 198 Å². The van der Waals surface area contributed by atoms with Gasteiger partial charge in [0.2, 0.25) is 0 Å². The smallest absolute Gasteiger partial charge is 0.263 e. The van der Waals surface area contributed by atoms with E-state index in [1.165, 1.54) is 4.90 Å². The fourth-order valence-electron chi connectivity index (χ4n) is 4.92. The minimum absolute atomic E-state index is 0.208. The molecule has 33 heavy (non-hydrogen) atoms. The van der Waals surface area contributed by atoms with Crippen molar-refractivity contribution >= 4 is 29.1 Å². The van der Waals surface area contributed by atoms with Crippen LogP contribution in [-0.4, -0.2) is 70.4 Å². The second-order valence-electron chi connectivity index (χ2n) is 8.49. The van der Waals surface area contributed by atoms with Crippen molar-refractivity contribution in [3.8, 4) is 5.82 Å². The summed E-state index contributed by atoms with van der Waals surface area (Å²) in [5.74, 6) is 0.297. The molecular formula is C25H26ClN5O2. The lowest BCUT2D eigenvalue weighted by Gasteiger charge is -2.36. The first-order valence-electron chi connectivity index (χ1n) is 11.2. The van der Waals surface area contributed by atoms with E-state index in [1.807, 2.05) is 60.9 Å². The molecule has 0 bridgehead atoms. The second kappa shape index (κ2) is 8.65. The van der Waals surface area contributed by atoms with Crippen LogP contribution in [0.25, 0.3) is 5.82 Å². The van der Waals surface area contributed by atoms with Crippen molar-refractivity contribution in [2.24, 2.45) is 0 Å². The minimum atomic E-state index is -0.208. The van der Waals surface area contributed by atoms with Gasteiger partial charge in [-0.1, -0.05) is 29.8 Å². The minimum Gasteiger partial charge on any atom is -0.368 e. The normalized spacial score (nSPS) is 16.6. The maximum Gasteiger partial charge on any atom is 0.263 e. The van der Waals surface area contributed by atoms with Crippen molar-refractivity contribution in [2.75, 3.05) is 44.2 Å². The molecule has 4 heterocycles. The molecule has 7 nitrogen and oxygen atoms in total. The van der Waals surface area contributed by atoms with E-state index in [9.17, 15) is 9.59 Å². The van der Waals surface area contributed by atoms with Crippen molar-refractivity contribution in [1.82, 2.24) is 19.4 Å². The molecule has 2 amide bonds. The lowest BCUT2D eigenvalue weighted by Crippen LogP contribution is -2.49. The van der Waals surface area contributed by atoms with Gasteiger partial charge >= 0.3 is 0 Å². The van der Waals surface area contributed by atoms with E-state index in [0.29, 0.717) is 30.0 Å². The number of pyridine rings is 1. The van der Waals surface area contributed by atoms with Crippen LogP contribution in [0, 0.1) is 13.8 Å². The highest BCUT2D eigenvalue weighted by Gasteiger charge is 2.41. The average molecular weight is 464 g/mol. The number of hydrogen-bond acceptors (Lipinski definition) is 5. The van der Waals surface area contributed by atoms with Crippen LogP contribution in [0.3, 0.4) is 0 Å². The van der Waals surface area contributed by atoms with Gasteiger partial charge in [-0.15, -0.1) is 0 Å². The number of para-hydroxylation sites is 1. The molecule has 0 spiro atoms. The number of hydrogen-bond donors (Lipinski definition) is 0. The summed E-state index contributed by atoms with van der Waals surface area (Å²) in [6.45, 7) is 8.25. The summed E-state index contributed by atoms with van der Waals surface area (Å²) < 4.78 is 1.89. The van der Waals surface area contributed by atoms with Crippen LogP contribution in [0.4, 0.5) is 5.69 Å². The van der Waals surface area contributed by atoms with Gasteiger partial charge in [0.25, 0.3) is 11.8 Å². The number of carbonyl (C=O) groups excluding carboxylic acids is 2. The number of imide groups is 1. The molecule has 3 aromatic rings. The SMILES string of the molecule is Cc1c2c(c(C)n1-c1ccccn1)C(=O)N(CCN1CCN(c3ccccc3Cl)CC1)C2=O. The van der Waals surface area contributed by atoms with E-state index in [4.69, 9.17) is 11.6 Å². The van der Waals surface area contributed by atoms with Crippen molar-refractivity contribution in [2.45, 2.75) is 13.8 Å². The number of carbonyl (C=O) groups is 2. The number of anilines is 1. The molecule has 2 aliphatic rings. The molecule has 0 N–H and O–H groups in total. The number of benzene rings is 1. The summed E-state index contributed by atoms with van der Waals surface area (Å²) in [5.41, 5.74) is 3.59. The molecule has 8 heteroatoms. The molecule has 5 rings (SSSR count). The highest BCUT2D eigenvalue weighted by Crippen LogP contribution is 2.33. The van der Waals surface area contributed by atoms with Gasteiger partial charge in [-0.25, -0.2) is 4.98 Å². The Morgan fingerprint density at radius 1 is 0.848 bits per heavy atom. The molecule has 170 valence electrons. The van der Waals surface area contributed by atoms with Gasteiger partial charge in [0.15, 0.2) is 0 Å². The molecule has 0 unspecified atom stereocenters. The number of amides is 2. The quantitative estimate of drug-likeness (QED) is 0.541. The first-order chi connectivity index (χ1) is 16.0. The molecule has 1 aromatic carbocycles. The van der Waals surface area contributed by atoms with Gasteiger partial charge in [0.05, 0.1) is 21.8 Å². The Morgan fingerprint density at radius 3 is 2.09 bits per heavy atom. The maximum absolute atomic E-state index is 13.2. The Kier molecular flexibility index (Phi) is 5.68. The van der Waals surface area contributed by atoms with Gasteiger partial charge in [0.1, 0.15) is 5.82 Å². The zero-order valence-electron chi connectivity index (χ0n) is 18.8. The Balaban J connectivity index is 1.25. The van der Waals surface area contributed by atoms with E-state index < -0.39 is 0 Å². The zero-order chi connectivity index (χ0) is 23.1. The fraction of sp³-hybridized carbons (Fsp3) is 0.320. The van der Waals surface area contributed by atoms with Crippen LogP contribution in [-0.2, 0) is 0 Å². The van der Waals surface area contributed by atoms with Gasteiger partial charge in [-0.2, -0.15) is 0 Å².